The van der Waals surface area contributed by atoms with Crippen molar-refractivity contribution in [1.29, 1.82) is 0 Å². The summed E-state index contributed by atoms with van der Waals surface area (Å²) in [5.41, 5.74) is 1.03. The van der Waals surface area contributed by atoms with E-state index in [0.29, 0.717) is 6.54 Å². The maximum atomic E-state index is 11.3. The first-order valence-electron chi connectivity index (χ1n) is 6.33. The molecule has 4 nitrogen and oxygen atoms in total. The van der Waals surface area contributed by atoms with E-state index in [4.69, 9.17) is 0 Å². The Labute approximate surface area is 108 Å². The van der Waals surface area contributed by atoms with Crippen molar-refractivity contribution in [1.82, 2.24) is 9.88 Å². The van der Waals surface area contributed by atoms with Gasteiger partial charge in [-0.25, -0.2) is 0 Å². The summed E-state index contributed by atoms with van der Waals surface area (Å²) in [6.45, 7) is 6.46. The van der Waals surface area contributed by atoms with Crippen LogP contribution in [0.3, 0.4) is 0 Å². The molecule has 0 aromatic carbocycles. The molecule has 0 spiro atoms. The Morgan fingerprint density at radius 3 is 3.00 bits per heavy atom. The van der Waals surface area contributed by atoms with Gasteiger partial charge in [0.25, 0.3) is 0 Å². The van der Waals surface area contributed by atoms with Crippen molar-refractivity contribution < 1.29 is 9.90 Å². The van der Waals surface area contributed by atoms with Crippen LogP contribution in [0.4, 0.5) is 0 Å². The molecule has 1 aromatic heterocycles. The van der Waals surface area contributed by atoms with Gasteiger partial charge in [0.2, 0.25) is 0 Å². The normalized spacial score (nSPS) is 23.8. The minimum Gasteiger partial charge on any atom is -0.481 e. The standard InChI is InChI=1S/C14H20N2O2/c1-14(2)5-7-16(10-12(14)13(17)18)9-11-4-3-6-15-8-11/h3-4,6,8,12H,5,7,9-10H2,1-2H3,(H,17,18). The molecule has 98 valence electrons. The maximum Gasteiger partial charge on any atom is 0.308 e. The molecular weight excluding hydrogens is 228 g/mol. The number of rotatable bonds is 3. The first kappa shape index (κ1) is 13.0. The predicted octanol–water partition coefficient (Wildman–Crippen LogP) is 2.01. The number of hydrogen-bond donors (Lipinski definition) is 1. The highest BCUT2D eigenvalue weighted by molar-refractivity contribution is 5.71. The fourth-order valence-electron chi connectivity index (χ4n) is 2.52. The highest BCUT2D eigenvalue weighted by Crippen LogP contribution is 2.36. The number of carboxylic acids is 1. The number of nitrogens with zero attached hydrogens (tertiary/aromatic N) is 2. The smallest absolute Gasteiger partial charge is 0.308 e. The Hall–Kier alpha value is -1.42. The SMILES string of the molecule is CC1(C)CCN(Cc2cccnc2)CC1C(=O)O. The molecule has 0 aliphatic carbocycles. The molecule has 1 fully saturated rings. The number of pyridine rings is 1. The summed E-state index contributed by atoms with van der Waals surface area (Å²) < 4.78 is 0. The molecule has 1 unspecified atom stereocenters. The fraction of sp³-hybridized carbons (Fsp3) is 0.571. The van der Waals surface area contributed by atoms with E-state index in [1.807, 2.05) is 32.2 Å². The minimum absolute atomic E-state index is 0.114. The second-order valence-corrected chi connectivity index (χ2v) is 5.73. The molecule has 1 aliphatic heterocycles. The summed E-state index contributed by atoms with van der Waals surface area (Å²) in [6.07, 6.45) is 4.52. The van der Waals surface area contributed by atoms with Crippen molar-refractivity contribution in [3.05, 3.63) is 30.1 Å². The van der Waals surface area contributed by atoms with Crippen LogP contribution >= 0.6 is 0 Å². The monoisotopic (exact) mass is 248 g/mol. The molecule has 0 radical (unpaired) electrons. The van der Waals surface area contributed by atoms with Gasteiger partial charge < -0.3 is 5.11 Å². The average Bonchev–Trinajstić information content (AvgIpc) is 2.32. The van der Waals surface area contributed by atoms with Crippen molar-refractivity contribution in [3.8, 4) is 0 Å². The van der Waals surface area contributed by atoms with E-state index in [2.05, 4.69) is 9.88 Å². The second-order valence-electron chi connectivity index (χ2n) is 5.73. The van der Waals surface area contributed by atoms with Crippen LogP contribution in [0.15, 0.2) is 24.5 Å². The Morgan fingerprint density at radius 2 is 2.39 bits per heavy atom. The van der Waals surface area contributed by atoms with Crippen LogP contribution in [0.5, 0.6) is 0 Å². The first-order chi connectivity index (χ1) is 8.49. The van der Waals surface area contributed by atoms with Gasteiger partial charge in [0.05, 0.1) is 5.92 Å². The van der Waals surface area contributed by atoms with Gasteiger partial charge >= 0.3 is 5.97 Å². The largest absolute Gasteiger partial charge is 0.481 e. The summed E-state index contributed by atoms with van der Waals surface area (Å²) in [5, 5.41) is 9.32. The molecule has 4 heteroatoms. The van der Waals surface area contributed by atoms with Crippen molar-refractivity contribution in [2.24, 2.45) is 11.3 Å². The van der Waals surface area contributed by atoms with E-state index >= 15 is 0 Å². The maximum absolute atomic E-state index is 11.3. The number of piperidine rings is 1. The van der Waals surface area contributed by atoms with Crippen LogP contribution in [0.2, 0.25) is 0 Å². The fourth-order valence-corrected chi connectivity index (χ4v) is 2.52. The molecule has 1 aliphatic rings. The Balaban J connectivity index is 2.03. The molecule has 1 N–H and O–H groups in total. The third-order valence-corrected chi connectivity index (χ3v) is 3.88. The Kier molecular flexibility index (Phi) is 3.66. The van der Waals surface area contributed by atoms with Crippen LogP contribution in [-0.4, -0.2) is 34.0 Å². The van der Waals surface area contributed by atoms with E-state index < -0.39 is 5.97 Å². The third-order valence-electron chi connectivity index (χ3n) is 3.88. The van der Waals surface area contributed by atoms with Gasteiger partial charge in [0.1, 0.15) is 0 Å². The van der Waals surface area contributed by atoms with Gasteiger partial charge in [0.15, 0.2) is 0 Å². The lowest BCUT2D eigenvalue weighted by atomic mass is 9.73. The van der Waals surface area contributed by atoms with Crippen molar-refractivity contribution in [2.75, 3.05) is 13.1 Å². The summed E-state index contributed by atoms with van der Waals surface area (Å²) >= 11 is 0. The molecule has 0 amide bonds. The number of carboxylic acid groups (broad SMARTS) is 1. The topological polar surface area (TPSA) is 53.4 Å². The van der Waals surface area contributed by atoms with Crippen LogP contribution in [0, 0.1) is 11.3 Å². The van der Waals surface area contributed by atoms with Crippen molar-refractivity contribution >= 4 is 5.97 Å². The highest BCUT2D eigenvalue weighted by atomic mass is 16.4. The number of likely N-dealkylation sites (tertiary alicyclic amines) is 1. The Morgan fingerprint density at radius 1 is 1.61 bits per heavy atom. The van der Waals surface area contributed by atoms with Crippen LogP contribution in [0.1, 0.15) is 25.8 Å². The molecule has 1 atom stereocenters. The zero-order chi connectivity index (χ0) is 13.2. The average molecular weight is 248 g/mol. The number of aromatic nitrogens is 1. The van der Waals surface area contributed by atoms with Crippen molar-refractivity contribution in [3.63, 3.8) is 0 Å². The van der Waals surface area contributed by atoms with Gasteiger partial charge in [-0.05, 0) is 30.0 Å². The van der Waals surface area contributed by atoms with E-state index in [1.165, 1.54) is 0 Å². The molecule has 1 saturated heterocycles. The predicted molar refractivity (Wildman–Crippen MR) is 69.0 cm³/mol. The summed E-state index contributed by atoms with van der Waals surface area (Å²) in [5.74, 6) is -0.973. The number of carbonyl (C=O) groups is 1. The van der Waals surface area contributed by atoms with E-state index in [1.54, 1.807) is 6.20 Å². The van der Waals surface area contributed by atoms with Crippen molar-refractivity contribution in [2.45, 2.75) is 26.8 Å². The zero-order valence-electron chi connectivity index (χ0n) is 11.0. The van der Waals surface area contributed by atoms with E-state index in [9.17, 15) is 9.90 Å². The molecule has 18 heavy (non-hydrogen) atoms. The first-order valence-corrected chi connectivity index (χ1v) is 6.33. The lowest BCUT2D eigenvalue weighted by Crippen LogP contribution is -2.47. The molecule has 0 bridgehead atoms. The number of hydrogen-bond acceptors (Lipinski definition) is 3. The molecular formula is C14H20N2O2. The van der Waals surface area contributed by atoms with Crippen LogP contribution in [-0.2, 0) is 11.3 Å². The van der Waals surface area contributed by atoms with Gasteiger partial charge in [-0.3, -0.25) is 14.7 Å². The van der Waals surface area contributed by atoms with Crippen LogP contribution < -0.4 is 0 Å². The quantitative estimate of drug-likeness (QED) is 0.889. The molecule has 1 aromatic rings. The lowest BCUT2D eigenvalue weighted by molar-refractivity contribution is -0.149. The van der Waals surface area contributed by atoms with E-state index in [-0.39, 0.29) is 11.3 Å². The molecule has 0 saturated carbocycles. The highest BCUT2D eigenvalue weighted by Gasteiger charge is 2.39. The minimum atomic E-state index is -0.684. The molecule has 2 rings (SSSR count). The van der Waals surface area contributed by atoms with Gasteiger partial charge in [0, 0.05) is 25.5 Å². The van der Waals surface area contributed by atoms with Gasteiger partial charge in [-0.2, -0.15) is 0 Å². The van der Waals surface area contributed by atoms with Crippen LogP contribution in [0.25, 0.3) is 0 Å². The lowest BCUT2D eigenvalue weighted by Gasteiger charge is -2.41. The second kappa shape index (κ2) is 5.06. The summed E-state index contributed by atoms with van der Waals surface area (Å²) in [7, 11) is 0. The van der Waals surface area contributed by atoms with E-state index in [0.717, 1.165) is 25.1 Å². The number of aliphatic carboxylic acids is 1. The molecule has 2 heterocycles. The zero-order valence-corrected chi connectivity index (χ0v) is 11.0. The summed E-state index contributed by atoms with van der Waals surface area (Å²) in [4.78, 5) is 17.6. The van der Waals surface area contributed by atoms with Gasteiger partial charge in [-0.1, -0.05) is 19.9 Å². The third kappa shape index (κ3) is 2.88. The van der Waals surface area contributed by atoms with Gasteiger partial charge in [-0.15, -0.1) is 0 Å². The Bertz CT molecular complexity index is 417. The summed E-state index contributed by atoms with van der Waals surface area (Å²) in [6, 6.07) is 3.94.